The molecule has 0 aliphatic heterocycles. The molecule has 122 valence electrons. The molecule has 0 aliphatic rings. The average molecular weight is 333 g/mol. The first-order valence-electron chi connectivity index (χ1n) is 7.63. The van der Waals surface area contributed by atoms with Gasteiger partial charge in [-0.15, -0.1) is 11.6 Å². The lowest BCUT2D eigenvalue weighted by Crippen LogP contribution is -2.36. The van der Waals surface area contributed by atoms with Crippen LogP contribution in [0.1, 0.15) is 11.4 Å². The minimum Gasteiger partial charge on any atom is -0.354 e. The van der Waals surface area contributed by atoms with Crippen LogP contribution < -0.4 is 5.32 Å². The normalized spacial score (nSPS) is 10.7. The number of alkyl halides is 1. The van der Waals surface area contributed by atoms with E-state index in [1.807, 2.05) is 36.4 Å². The zero-order valence-electron chi connectivity index (χ0n) is 13.0. The van der Waals surface area contributed by atoms with Crippen molar-refractivity contribution in [2.45, 2.75) is 13.0 Å². The molecule has 0 aliphatic carbocycles. The maximum absolute atomic E-state index is 11.2. The largest absolute Gasteiger partial charge is 0.354 e. The fourth-order valence-electron chi connectivity index (χ4n) is 2.21. The molecule has 0 fully saturated rings. The second kappa shape index (κ2) is 9.92. The van der Waals surface area contributed by atoms with Crippen LogP contribution >= 0.6 is 11.6 Å². The van der Waals surface area contributed by atoms with Crippen molar-refractivity contribution in [3.63, 3.8) is 0 Å². The molecule has 0 spiro atoms. The van der Waals surface area contributed by atoms with E-state index in [0.29, 0.717) is 6.54 Å². The molecule has 2 rings (SSSR count). The summed E-state index contributed by atoms with van der Waals surface area (Å²) in [5.74, 6) is -0.150. The van der Waals surface area contributed by atoms with Crippen LogP contribution in [-0.2, 0) is 17.8 Å². The number of amides is 1. The highest BCUT2D eigenvalue weighted by molar-refractivity contribution is 6.27. The van der Waals surface area contributed by atoms with Gasteiger partial charge in [-0.1, -0.05) is 12.1 Å². The number of halogens is 1. The molecule has 0 radical (unpaired) electrons. The standard InChI is InChI=1S/C17H21ClN4O/c18-13-17(23)21-10-12-22(14-16-6-2-4-9-20-16)11-7-15-5-1-3-8-19-15/h1-6,8-9H,7,10-14H2,(H,21,23). The molecule has 0 bridgehead atoms. The van der Waals surface area contributed by atoms with Crippen LogP contribution in [0.4, 0.5) is 0 Å². The third kappa shape index (κ3) is 6.76. The predicted octanol–water partition coefficient (Wildman–Crippen LogP) is 1.88. The fraction of sp³-hybridized carbons (Fsp3) is 0.353. The molecule has 0 saturated heterocycles. The maximum atomic E-state index is 11.2. The van der Waals surface area contributed by atoms with Gasteiger partial charge in [0.1, 0.15) is 5.88 Å². The minimum absolute atomic E-state index is 0.00578. The van der Waals surface area contributed by atoms with Gasteiger partial charge in [0, 0.05) is 50.7 Å². The number of rotatable bonds is 9. The number of aromatic nitrogens is 2. The third-order valence-corrected chi connectivity index (χ3v) is 3.64. The number of pyridine rings is 2. The highest BCUT2D eigenvalue weighted by Gasteiger charge is 2.08. The molecule has 6 heteroatoms. The summed E-state index contributed by atoms with van der Waals surface area (Å²) in [6.45, 7) is 2.90. The summed E-state index contributed by atoms with van der Waals surface area (Å²) in [5, 5.41) is 2.80. The first kappa shape index (κ1) is 17.4. The first-order valence-corrected chi connectivity index (χ1v) is 8.16. The highest BCUT2D eigenvalue weighted by Crippen LogP contribution is 2.03. The second-order valence-corrected chi connectivity index (χ2v) is 5.42. The molecule has 23 heavy (non-hydrogen) atoms. The van der Waals surface area contributed by atoms with Gasteiger partial charge in [-0.3, -0.25) is 19.7 Å². The van der Waals surface area contributed by atoms with Crippen LogP contribution in [0.15, 0.2) is 48.8 Å². The average Bonchev–Trinajstić information content (AvgIpc) is 2.61. The zero-order chi connectivity index (χ0) is 16.3. The third-order valence-electron chi connectivity index (χ3n) is 3.39. The van der Waals surface area contributed by atoms with Crippen molar-refractivity contribution < 1.29 is 4.79 Å². The van der Waals surface area contributed by atoms with E-state index in [4.69, 9.17) is 11.6 Å². The molecule has 5 nitrogen and oxygen atoms in total. The Balaban J connectivity index is 1.89. The molecule has 1 N–H and O–H groups in total. The fourth-order valence-corrected chi connectivity index (χ4v) is 2.30. The van der Waals surface area contributed by atoms with Crippen LogP contribution in [0.25, 0.3) is 0 Å². The number of carbonyl (C=O) groups is 1. The Morgan fingerprint density at radius 1 is 1.04 bits per heavy atom. The Morgan fingerprint density at radius 3 is 2.35 bits per heavy atom. The van der Waals surface area contributed by atoms with E-state index in [9.17, 15) is 4.79 Å². The van der Waals surface area contributed by atoms with E-state index in [-0.39, 0.29) is 11.8 Å². The molecule has 2 aromatic rings. The molecular formula is C17H21ClN4O. The molecule has 2 heterocycles. The number of carbonyl (C=O) groups excluding carboxylic acids is 1. The van der Waals surface area contributed by atoms with Crippen LogP contribution in [0, 0.1) is 0 Å². The molecule has 0 atom stereocenters. The van der Waals surface area contributed by atoms with Crippen LogP contribution in [-0.4, -0.2) is 46.3 Å². The van der Waals surface area contributed by atoms with Crippen molar-refractivity contribution in [3.8, 4) is 0 Å². The van der Waals surface area contributed by atoms with Gasteiger partial charge in [0.25, 0.3) is 0 Å². The number of hydrogen-bond donors (Lipinski definition) is 1. The van der Waals surface area contributed by atoms with Crippen molar-refractivity contribution in [1.29, 1.82) is 0 Å². The minimum atomic E-state index is -0.144. The summed E-state index contributed by atoms with van der Waals surface area (Å²) in [5.41, 5.74) is 2.07. The lowest BCUT2D eigenvalue weighted by Gasteiger charge is -2.22. The Morgan fingerprint density at radius 2 is 1.74 bits per heavy atom. The Kier molecular flexibility index (Phi) is 7.49. The Labute approximate surface area is 141 Å². The van der Waals surface area contributed by atoms with Crippen molar-refractivity contribution in [1.82, 2.24) is 20.2 Å². The summed E-state index contributed by atoms with van der Waals surface area (Å²) in [4.78, 5) is 22.2. The van der Waals surface area contributed by atoms with Gasteiger partial charge in [-0.05, 0) is 24.3 Å². The monoisotopic (exact) mass is 332 g/mol. The summed E-state index contributed by atoms with van der Waals surface area (Å²) >= 11 is 5.49. The molecule has 0 unspecified atom stereocenters. The van der Waals surface area contributed by atoms with E-state index in [2.05, 4.69) is 20.2 Å². The van der Waals surface area contributed by atoms with Crippen LogP contribution in [0.5, 0.6) is 0 Å². The molecule has 0 aromatic carbocycles. The van der Waals surface area contributed by atoms with E-state index >= 15 is 0 Å². The molecule has 0 saturated carbocycles. The van der Waals surface area contributed by atoms with Gasteiger partial charge < -0.3 is 5.32 Å². The van der Waals surface area contributed by atoms with Crippen molar-refractivity contribution in [3.05, 3.63) is 60.2 Å². The van der Waals surface area contributed by atoms with Crippen LogP contribution in [0.3, 0.4) is 0 Å². The molecular weight excluding hydrogens is 312 g/mol. The summed E-state index contributed by atoms with van der Waals surface area (Å²) in [6, 6.07) is 11.8. The smallest absolute Gasteiger partial charge is 0.234 e. The quantitative estimate of drug-likeness (QED) is 0.712. The molecule has 1 amide bonds. The van der Waals surface area contributed by atoms with Crippen molar-refractivity contribution in [2.24, 2.45) is 0 Å². The van der Waals surface area contributed by atoms with E-state index in [1.54, 1.807) is 12.4 Å². The zero-order valence-corrected chi connectivity index (χ0v) is 13.7. The summed E-state index contributed by atoms with van der Waals surface area (Å²) in [6.07, 6.45) is 4.46. The lowest BCUT2D eigenvalue weighted by molar-refractivity contribution is -0.118. The number of nitrogens with one attached hydrogen (secondary N) is 1. The highest BCUT2D eigenvalue weighted by atomic mass is 35.5. The lowest BCUT2D eigenvalue weighted by atomic mass is 10.2. The summed E-state index contributed by atoms with van der Waals surface area (Å²) < 4.78 is 0. The van der Waals surface area contributed by atoms with Gasteiger partial charge in [-0.2, -0.15) is 0 Å². The first-order chi connectivity index (χ1) is 11.3. The topological polar surface area (TPSA) is 58.1 Å². The molecule has 2 aromatic heterocycles. The van der Waals surface area contributed by atoms with Gasteiger partial charge in [0.05, 0.1) is 5.69 Å². The predicted molar refractivity (Wildman–Crippen MR) is 91.2 cm³/mol. The number of hydrogen-bond acceptors (Lipinski definition) is 4. The summed E-state index contributed by atoms with van der Waals surface area (Å²) in [7, 11) is 0. The van der Waals surface area contributed by atoms with Gasteiger partial charge >= 0.3 is 0 Å². The second-order valence-electron chi connectivity index (χ2n) is 5.15. The number of nitrogens with zero attached hydrogens (tertiary/aromatic N) is 3. The Bertz CT molecular complexity index is 580. The van der Waals surface area contributed by atoms with Crippen molar-refractivity contribution in [2.75, 3.05) is 25.5 Å². The van der Waals surface area contributed by atoms with Gasteiger partial charge in [0.2, 0.25) is 5.91 Å². The van der Waals surface area contributed by atoms with E-state index < -0.39 is 0 Å². The SMILES string of the molecule is O=C(CCl)NCCN(CCc1ccccn1)Cc1ccccn1. The van der Waals surface area contributed by atoms with Crippen LogP contribution in [0.2, 0.25) is 0 Å². The van der Waals surface area contributed by atoms with E-state index in [1.165, 1.54) is 0 Å². The van der Waals surface area contributed by atoms with Gasteiger partial charge in [0.15, 0.2) is 0 Å². The van der Waals surface area contributed by atoms with E-state index in [0.717, 1.165) is 37.4 Å². The Hall–Kier alpha value is -1.98. The maximum Gasteiger partial charge on any atom is 0.234 e. The van der Waals surface area contributed by atoms with Gasteiger partial charge in [-0.25, -0.2) is 0 Å². The van der Waals surface area contributed by atoms with Crippen molar-refractivity contribution >= 4 is 17.5 Å².